The SMILES string of the molecule is O=C(NS(=O)(=O)c1ccc(NCC2=CCOC=C2)c([N+](=O)[O-])c1)c1ccc(N2CCN(Cc3ccccc3-c3ccc(Cl)cc3)CC2)cc1COc1ccccc1. The molecule has 0 unspecified atom stereocenters. The smallest absolute Gasteiger partial charge is 0.293 e. The number of nitrogens with one attached hydrogen (secondary N) is 2. The number of sulfonamides is 1. The van der Waals surface area contributed by atoms with E-state index < -0.39 is 31.4 Å². The summed E-state index contributed by atoms with van der Waals surface area (Å²) in [5.41, 5.74) is 5.48. The summed E-state index contributed by atoms with van der Waals surface area (Å²) in [7, 11) is -4.52. The molecule has 0 aromatic heterocycles. The maximum Gasteiger partial charge on any atom is 0.293 e. The number of halogens is 1. The lowest BCUT2D eigenvalue weighted by Crippen LogP contribution is -2.46. The average Bonchev–Trinajstić information content (AvgIpc) is 3.23. The second-order valence-electron chi connectivity index (χ2n) is 13.5. The van der Waals surface area contributed by atoms with Gasteiger partial charge in [-0.1, -0.05) is 66.2 Å². The number of rotatable bonds is 14. The van der Waals surface area contributed by atoms with E-state index in [9.17, 15) is 23.3 Å². The number of para-hydroxylation sites is 1. The highest BCUT2D eigenvalue weighted by molar-refractivity contribution is 7.90. The van der Waals surface area contributed by atoms with Crippen LogP contribution in [0.15, 0.2) is 144 Å². The molecule has 12 nitrogen and oxygen atoms in total. The number of nitro groups is 1. The molecule has 292 valence electrons. The van der Waals surface area contributed by atoms with Gasteiger partial charge in [-0.15, -0.1) is 0 Å². The van der Waals surface area contributed by atoms with Crippen LogP contribution in [0.2, 0.25) is 5.02 Å². The molecule has 2 aliphatic heterocycles. The van der Waals surface area contributed by atoms with Gasteiger partial charge in [0.1, 0.15) is 24.7 Å². The third-order valence-electron chi connectivity index (χ3n) is 9.78. The zero-order chi connectivity index (χ0) is 39.8. The van der Waals surface area contributed by atoms with Crippen molar-refractivity contribution < 1.29 is 27.6 Å². The standard InChI is InChI=1S/C43H40ClN5O7S/c44-35-12-10-32(11-13-35)39-9-5-4-6-33(39)29-47-20-22-48(23-21-47)36-14-16-40(34(26-36)30-56-37-7-2-1-3-8-37)43(50)46-57(53,54)38-15-17-41(42(27-38)49(51)52)45-28-31-18-24-55-25-19-31/h1-19,24,26-27,45H,20-23,25,28-30H2,(H,46,50). The predicted molar refractivity (Wildman–Crippen MR) is 221 cm³/mol. The van der Waals surface area contributed by atoms with Crippen LogP contribution in [0.25, 0.3) is 11.1 Å². The van der Waals surface area contributed by atoms with Crippen molar-refractivity contribution in [2.75, 3.05) is 49.5 Å². The topological polar surface area (TPSA) is 143 Å². The number of amides is 1. The highest BCUT2D eigenvalue weighted by atomic mass is 35.5. The molecule has 5 aromatic rings. The minimum Gasteiger partial charge on any atom is -0.497 e. The Morgan fingerprint density at radius 2 is 1.63 bits per heavy atom. The first kappa shape index (κ1) is 39.1. The molecular weight excluding hydrogens is 766 g/mol. The Labute approximate surface area is 336 Å². The lowest BCUT2D eigenvalue weighted by atomic mass is 9.99. The van der Waals surface area contributed by atoms with Crippen molar-refractivity contribution >= 4 is 44.6 Å². The number of benzene rings is 5. The zero-order valence-electron chi connectivity index (χ0n) is 30.8. The maximum atomic E-state index is 13.7. The van der Waals surface area contributed by atoms with E-state index in [1.807, 2.05) is 60.7 Å². The third kappa shape index (κ3) is 9.81. The second kappa shape index (κ2) is 17.8. The molecule has 2 heterocycles. The van der Waals surface area contributed by atoms with E-state index in [0.29, 0.717) is 22.9 Å². The molecule has 2 N–H and O–H groups in total. The van der Waals surface area contributed by atoms with E-state index in [1.165, 1.54) is 29.5 Å². The molecule has 2 aliphatic rings. The van der Waals surface area contributed by atoms with Crippen LogP contribution in [0, 0.1) is 10.1 Å². The molecular formula is C43H40ClN5O7S. The van der Waals surface area contributed by atoms with Gasteiger partial charge in [0.15, 0.2) is 0 Å². The molecule has 5 aromatic carbocycles. The van der Waals surface area contributed by atoms with Gasteiger partial charge in [0.25, 0.3) is 21.6 Å². The lowest BCUT2D eigenvalue weighted by molar-refractivity contribution is -0.384. The fraction of sp³-hybridized carbons (Fsp3) is 0.186. The summed E-state index contributed by atoms with van der Waals surface area (Å²) in [6.45, 7) is 4.49. The van der Waals surface area contributed by atoms with Gasteiger partial charge >= 0.3 is 0 Å². The van der Waals surface area contributed by atoms with Crippen molar-refractivity contribution in [3.05, 3.63) is 171 Å². The van der Waals surface area contributed by atoms with Crippen molar-refractivity contribution in [2.24, 2.45) is 0 Å². The number of nitrogens with zero attached hydrogens (tertiary/aromatic N) is 3. The Morgan fingerprint density at radius 1 is 0.877 bits per heavy atom. The van der Waals surface area contributed by atoms with Crippen LogP contribution < -0.4 is 19.7 Å². The number of hydrogen-bond acceptors (Lipinski definition) is 10. The molecule has 0 atom stereocenters. The molecule has 0 bridgehead atoms. The molecule has 57 heavy (non-hydrogen) atoms. The van der Waals surface area contributed by atoms with Crippen LogP contribution in [0.1, 0.15) is 21.5 Å². The molecule has 0 saturated carbocycles. The van der Waals surface area contributed by atoms with E-state index in [-0.39, 0.29) is 24.4 Å². The number of carbonyl (C=O) groups is 1. The first-order chi connectivity index (χ1) is 27.6. The average molecular weight is 806 g/mol. The third-order valence-corrected chi connectivity index (χ3v) is 11.4. The van der Waals surface area contributed by atoms with E-state index in [2.05, 4.69) is 38.0 Å². The number of ether oxygens (including phenoxy) is 2. The Hall–Kier alpha value is -6.15. The largest absolute Gasteiger partial charge is 0.497 e. The van der Waals surface area contributed by atoms with Gasteiger partial charge in [-0.25, -0.2) is 13.1 Å². The van der Waals surface area contributed by atoms with Crippen LogP contribution in [-0.2, 0) is 27.9 Å². The summed E-state index contributed by atoms with van der Waals surface area (Å²) in [6, 6.07) is 34.1. The Bertz CT molecular complexity index is 2420. The van der Waals surface area contributed by atoms with E-state index in [1.54, 1.807) is 30.3 Å². The van der Waals surface area contributed by atoms with Crippen molar-refractivity contribution in [1.29, 1.82) is 0 Å². The molecule has 1 amide bonds. The van der Waals surface area contributed by atoms with Crippen molar-refractivity contribution in [3.63, 3.8) is 0 Å². The monoisotopic (exact) mass is 805 g/mol. The molecule has 0 spiro atoms. The van der Waals surface area contributed by atoms with Crippen molar-refractivity contribution in [3.8, 4) is 16.9 Å². The van der Waals surface area contributed by atoms with Crippen LogP contribution >= 0.6 is 11.6 Å². The number of piperazine rings is 1. The second-order valence-corrected chi connectivity index (χ2v) is 15.6. The van der Waals surface area contributed by atoms with Gasteiger partial charge in [-0.3, -0.25) is 19.8 Å². The van der Waals surface area contributed by atoms with Gasteiger partial charge in [0, 0.05) is 67.2 Å². The summed E-state index contributed by atoms with van der Waals surface area (Å²) in [5.74, 6) is -0.306. The van der Waals surface area contributed by atoms with Crippen molar-refractivity contribution in [1.82, 2.24) is 9.62 Å². The van der Waals surface area contributed by atoms with Crippen molar-refractivity contribution in [2.45, 2.75) is 18.0 Å². The molecule has 14 heteroatoms. The highest BCUT2D eigenvalue weighted by Gasteiger charge is 2.26. The first-order valence-electron chi connectivity index (χ1n) is 18.3. The van der Waals surface area contributed by atoms with Crippen LogP contribution in [0.5, 0.6) is 5.75 Å². The maximum absolute atomic E-state index is 13.7. The summed E-state index contributed by atoms with van der Waals surface area (Å²) in [5, 5.41) is 15.7. The van der Waals surface area contributed by atoms with Crippen LogP contribution in [0.3, 0.4) is 0 Å². The Balaban J connectivity index is 1.06. The van der Waals surface area contributed by atoms with E-state index >= 15 is 0 Å². The Morgan fingerprint density at radius 3 is 2.37 bits per heavy atom. The van der Waals surface area contributed by atoms with Gasteiger partial charge in [-0.05, 0) is 89.0 Å². The number of carbonyl (C=O) groups excluding carboxylic acids is 1. The van der Waals surface area contributed by atoms with Crippen LogP contribution in [0.4, 0.5) is 17.1 Å². The van der Waals surface area contributed by atoms with Gasteiger partial charge in [-0.2, -0.15) is 0 Å². The molecule has 0 radical (unpaired) electrons. The van der Waals surface area contributed by atoms with Gasteiger partial charge in [0.2, 0.25) is 0 Å². The van der Waals surface area contributed by atoms with E-state index in [4.69, 9.17) is 21.1 Å². The molecule has 0 aliphatic carbocycles. The van der Waals surface area contributed by atoms with Crippen LogP contribution in [-0.4, -0.2) is 63.5 Å². The quantitative estimate of drug-likeness (QED) is 0.0843. The summed E-state index contributed by atoms with van der Waals surface area (Å²) < 4.78 is 40.4. The highest BCUT2D eigenvalue weighted by Crippen LogP contribution is 2.30. The fourth-order valence-corrected chi connectivity index (χ4v) is 7.84. The van der Waals surface area contributed by atoms with E-state index in [0.717, 1.165) is 55.6 Å². The number of hydrogen-bond donors (Lipinski definition) is 2. The number of nitro benzene ring substituents is 1. The normalized spacial score (nSPS) is 14.3. The summed E-state index contributed by atoms with van der Waals surface area (Å²) in [6.07, 6.45) is 5.09. The minimum absolute atomic E-state index is 0.00825. The Kier molecular flexibility index (Phi) is 12.2. The summed E-state index contributed by atoms with van der Waals surface area (Å²) >= 11 is 6.14. The predicted octanol–water partition coefficient (Wildman–Crippen LogP) is 7.82. The fourth-order valence-electron chi connectivity index (χ4n) is 6.73. The molecule has 7 rings (SSSR count). The molecule has 1 fully saturated rings. The van der Waals surface area contributed by atoms with Gasteiger partial charge < -0.3 is 19.7 Å². The first-order valence-corrected chi connectivity index (χ1v) is 20.2. The number of anilines is 2. The van der Waals surface area contributed by atoms with Gasteiger partial charge in [0.05, 0.1) is 16.1 Å². The summed E-state index contributed by atoms with van der Waals surface area (Å²) in [4.78, 5) is 29.3. The minimum atomic E-state index is -4.52. The zero-order valence-corrected chi connectivity index (χ0v) is 32.4. The molecule has 1 saturated heterocycles. The lowest BCUT2D eigenvalue weighted by Gasteiger charge is -2.36.